The first kappa shape index (κ1) is 15.3. The minimum absolute atomic E-state index is 0.354. The topological polar surface area (TPSA) is 88.5 Å². The zero-order valence-corrected chi connectivity index (χ0v) is 12.3. The van der Waals surface area contributed by atoms with Crippen molar-refractivity contribution in [3.63, 3.8) is 0 Å². The minimum Gasteiger partial charge on any atom is -0.481 e. The Morgan fingerprint density at radius 2 is 2.05 bits per heavy atom. The molecule has 0 atom stereocenters. The van der Waals surface area contributed by atoms with E-state index in [1.54, 1.807) is 19.1 Å². The van der Waals surface area contributed by atoms with E-state index in [0.717, 1.165) is 12.8 Å². The summed E-state index contributed by atoms with van der Waals surface area (Å²) in [5, 5.41) is 12.5. The van der Waals surface area contributed by atoms with Crippen molar-refractivity contribution in [1.29, 1.82) is 0 Å². The second-order valence-electron chi connectivity index (χ2n) is 5.47. The predicted octanol–water partition coefficient (Wildman–Crippen LogP) is 2.23. The van der Waals surface area contributed by atoms with E-state index in [0.29, 0.717) is 36.5 Å². The monoisotopic (exact) mass is 292 g/mol. The van der Waals surface area contributed by atoms with Crippen LogP contribution in [-0.2, 0) is 9.53 Å². The number of carboxylic acid groups (broad SMARTS) is 1. The van der Waals surface area contributed by atoms with Gasteiger partial charge in [-0.25, -0.2) is 9.78 Å². The SMILES string of the molecule is COC(=O)c1ccc(NCC2(C(=O)O)CCCC2)nc1C. The molecular formula is C15H20N2O4. The molecule has 1 saturated carbocycles. The third kappa shape index (κ3) is 3.15. The summed E-state index contributed by atoms with van der Waals surface area (Å²) in [5.41, 5.74) is 0.274. The Balaban J connectivity index is 2.08. The Hall–Kier alpha value is -2.11. The first-order valence-electron chi connectivity index (χ1n) is 7.02. The highest BCUT2D eigenvalue weighted by Crippen LogP contribution is 2.38. The maximum absolute atomic E-state index is 11.5. The Bertz CT molecular complexity index is 551. The van der Waals surface area contributed by atoms with Gasteiger partial charge >= 0.3 is 11.9 Å². The summed E-state index contributed by atoms with van der Waals surface area (Å²) in [5.74, 6) is -0.604. The van der Waals surface area contributed by atoms with Crippen molar-refractivity contribution < 1.29 is 19.4 Å². The number of aromatic nitrogens is 1. The van der Waals surface area contributed by atoms with E-state index in [-0.39, 0.29) is 0 Å². The maximum Gasteiger partial charge on any atom is 0.339 e. The largest absolute Gasteiger partial charge is 0.481 e. The number of esters is 1. The van der Waals surface area contributed by atoms with Gasteiger partial charge in [0.15, 0.2) is 0 Å². The normalized spacial score (nSPS) is 16.5. The summed E-state index contributed by atoms with van der Waals surface area (Å²) < 4.78 is 4.67. The van der Waals surface area contributed by atoms with Crippen LogP contribution >= 0.6 is 0 Å². The van der Waals surface area contributed by atoms with Gasteiger partial charge in [-0.05, 0) is 31.9 Å². The van der Waals surface area contributed by atoms with Gasteiger partial charge in [0.25, 0.3) is 0 Å². The lowest BCUT2D eigenvalue weighted by atomic mass is 9.86. The molecule has 0 amide bonds. The first-order chi connectivity index (χ1) is 9.98. The van der Waals surface area contributed by atoms with Gasteiger partial charge < -0.3 is 15.2 Å². The highest BCUT2D eigenvalue weighted by molar-refractivity contribution is 5.90. The average molecular weight is 292 g/mol. The molecule has 1 heterocycles. The molecule has 0 unspecified atom stereocenters. The lowest BCUT2D eigenvalue weighted by Crippen LogP contribution is -2.35. The number of rotatable bonds is 5. The maximum atomic E-state index is 11.5. The van der Waals surface area contributed by atoms with Gasteiger partial charge in [-0.1, -0.05) is 12.8 Å². The predicted molar refractivity (Wildman–Crippen MR) is 77.3 cm³/mol. The Morgan fingerprint density at radius 3 is 2.57 bits per heavy atom. The number of nitrogens with one attached hydrogen (secondary N) is 1. The molecule has 1 aromatic rings. The van der Waals surface area contributed by atoms with Crippen molar-refractivity contribution in [2.45, 2.75) is 32.6 Å². The minimum atomic E-state index is -0.754. The van der Waals surface area contributed by atoms with Crippen molar-refractivity contribution >= 4 is 17.8 Å². The van der Waals surface area contributed by atoms with Crippen LogP contribution in [0.5, 0.6) is 0 Å². The zero-order chi connectivity index (χ0) is 15.5. The number of aliphatic carboxylic acids is 1. The van der Waals surface area contributed by atoms with Crippen LogP contribution < -0.4 is 5.32 Å². The second-order valence-corrected chi connectivity index (χ2v) is 5.47. The molecule has 0 saturated heterocycles. The van der Waals surface area contributed by atoms with Crippen LogP contribution in [0.1, 0.15) is 41.7 Å². The van der Waals surface area contributed by atoms with Crippen molar-refractivity contribution in [2.75, 3.05) is 19.0 Å². The molecule has 6 heteroatoms. The summed E-state index contributed by atoms with van der Waals surface area (Å²) in [6.07, 6.45) is 3.27. The number of carbonyl (C=O) groups is 2. The molecule has 1 aliphatic carbocycles. The molecule has 0 spiro atoms. The van der Waals surface area contributed by atoms with Crippen LogP contribution in [0, 0.1) is 12.3 Å². The number of ether oxygens (including phenoxy) is 1. The Kier molecular flexibility index (Phi) is 4.45. The molecule has 0 aromatic carbocycles. The van der Waals surface area contributed by atoms with Crippen LogP contribution in [0.15, 0.2) is 12.1 Å². The molecule has 114 valence electrons. The van der Waals surface area contributed by atoms with Crippen molar-refractivity contribution in [1.82, 2.24) is 4.98 Å². The van der Waals surface area contributed by atoms with Crippen molar-refractivity contribution in [3.05, 3.63) is 23.4 Å². The zero-order valence-electron chi connectivity index (χ0n) is 12.3. The van der Waals surface area contributed by atoms with Gasteiger partial charge in [0.05, 0.1) is 23.8 Å². The summed E-state index contributed by atoms with van der Waals surface area (Å²) >= 11 is 0. The Labute approximate surface area is 123 Å². The Morgan fingerprint density at radius 1 is 1.38 bits per heavy atom. The van der Waals surface area contributed by atoms with Gasteiger partial charge in [0.1, 0.15) is 5.82 Å². The van der Waals surface area contributed by atoms with Gasteiger partial charge in [-0.2, -0.15) is 0 Å². The van der Waals surface area contributed by atoms with E-state index in [9.17, 15) is 14.7 Å². The molecule has 1 fully saturated rings. The molecule has 21 heavy (non-hydrogen) atoms. The van der Waals surface area contributed by atoms with Crippen molar-refractivity contribution in [3.8, 4) is 0 Å². The summed E-state index contributed by atoms with van der Waals surface area (Å²) in [4.78, 5) is 27.3. The molecule has 0 aliphatic heterocycles. The van der Waals surface area contributed by atoms with E-state index in [2.05, 4.69) is 15.0 Å². The quantitative estimate of drug-likeness (QED) is 0.809. The molecular weight excluding hydrogens is 272 g/mol. The summed E-state index contributed by atoms with van der Waals surface area (Å²) in [7, 11) is 1.32. The van der Waals surface area contributed by atoms with Crippen LogP contribution in [0.25, 0.3) is 0 Å². The lowest BCUT2D eigenvalue weighted by molar-refractivity contribution is -0.147. The van der Waals surface area contributed by atoms with Gasteiger partial charge in [0.2, 0.25) is 0 Å². The van der Waals surface area contributed by atoms with E-state index in [4.69, 9.17) is 0 Å². The van der Waals surface area contributed by atoms with Gasteiger partial charge in [-0.15, -0.1) is 0 Å². The third-order valence-electron chi connectivity index (χ3n) is 4.11. The molecule has 0 radical (unpaired) electrons. The number of carboxylic acids is 1. The smallest absolute Gasteiger partial charge is 0.339 e. The van der Waals surface area contributed by atoms with Crippen LogP contribution in [0.4, 0.5) is 5.82 Å². The number of aryl methyl sites for hydroxylation is 1. The molecule has 1 aliphatic rings. The number of hydrogen-bond acceptors (Lipinski definition) is 5. The highest BCUT2D eigenvalue weighted by Gasteiger charge is 2.41. The lowest BCUT2D eigenvalue weighted by Gasteiger charge is -2.24. The number of hydrogen-bond donors (Lipinski definition) is 2. The first-order valence-corrected chi connectivity index (χ1v) is 7.02. The fourth-order valence-electron chi connectivity index (χ4n) is 2.76. The number of pyridine rings is 1. The number of carbonyl (C=O) groups excluding carboxylic acids is 1. The molecule has 1 aromatic heterocycles. The number of methoxy groups -OCH3 is 1. The fourth-order valence-corrected chi connectivity index (χ4v) is 2.76. The van der Waals surface area contributed by atoms with Gasteiger partial charge in [-0.3, -0.25) is 4.79 Å². The van der Waals surface area contributed by atoms with Crippen molar-refractivity contribution in [2.24, 2.45) is 5.41 Å². The molecule has 2 rings (SSSR count). The standard InChI is InChI=1S/C15H20N2O4/c1-10-11(13(18)21-2)5-6-12(17-10)16-9-15(14(19)20)7-3-4-8-15/h5-6H,3-4,7-9H2,1-2H3,(H,16,17)(H,19,20). The van der Waals surface area contributed by atoms with E-state index in [1.807, 2.05) is 0 Å². The number of nitrogens with zero attached hydrogens (tertiary/aromatic N) is 1. The second kappa shape index (κ2) is 6.11. The van der Waals surface area contributed by atoms with Crippen LogP contribution in [-0.4, -0.2) is 35.7 Å². The van der Waals surface area contributed by atoms with E-state index < -0.39 is 17.4 Å². The van der Waals surface area contributed by atoms with Gasteiger partial charge in [0, 0.05) is 6.54 Å². The summed E-state index contributed by atoms with van der Waals surface area (Å²) in [6, 6.07) is 3.31. The van der Waals surface area contributed by atoms with E-state index >= 15 is 0 Å². The highest BCUT2D eigenvalue weighted by atomic mass is 16.5. The number of anilines is 1. The summed E-state index contributed by atoms with van der Waals surface area (Å²) in [6.45, 7) is 2.08. The van der Waals surface area contributed by atoms with Crippen LogP contribution in [0.3, 0.4) is 0 Å². The third-order valence-corrected chi connectivity index (χ3v) is 4.11. The molecule has 6 nitrogen and oxygen atoms in total. The van der Waals surface area contributed by atoms with E-state index in [1.165, 1.54) is 7.11 Å². The molecule has 2 N–H and O–H groups in total. The van der Waals surface area contributed by atoms with Crippen LogP contribution in [0.2, 0.25) is 0 Å². The fraction of sp³-hybridized carbons (Fsp3) is 0.533. The molecule has 0 bridgehead atoms. The average Bonchev–Trinajstić information content (AvgIpc) is 2.94.